The van der Waals surface area contributed by atoms with Gasteiger partial charge in [-0.3, -0.25) is 9.69 Å². The fourth-order valence-corrected chi connectivity index (χ4v) is 4.16. The molecule has 0 N–H and O–H groups in total. The summed E-state index contributed by atoms with van der Waals surface area (Å²) >= 11 is 12.7. The van der Waals surface area contributed by atoms with Gasteiger partial charge in [-0.2, -0.15) is 0 Å². The van der Waals surface area contributed by atoms with Crippen LogP contribution in [0.25, 0.3) is 6.08 Å². The zero-order chi connectivity index (χ0) is 19.4. The Balaban J connectivity index is 1.79. The lowest BCUT2D eigenvalue weighted by Crippen LogP contribution is -2.27. The van der Waals surface area contributed by atoms with Crippen LogP contribution >= 0.6 is 35.6 Å². The fraction of sp³-hybridized carbons (Fsp3) is 0.200. The minimum Gasteiger partial charge on any atom is -0.493 e. The van der Waals surface area contributed by atoms with Gasteiger partial charge in [-0.1, -0.05) is 59.8 Å². The smallest absolute Gasteiger partial charge is 0.266 e. The van der Waals surface area contributed by atoms with E-state index in [9.17, 15) is 4.79 Å². The van der Waals surface area contributed by atoms with E-state index in [0.717, 1.165) is 11.1 Å². The minimum absolute atomic E-state index is 0.0643. The SMILES string of the molecule is CCN1C(=O)/C(=C\c2ccc(OCc3ccccc3Cl)c(OC)c2)SC1=S. The highest BCUT2D eigenvalue weighted by molar-refractivity contribution is 8.26. The van der Waals surface area contributed by atoms with Crippen molar-refractivity contribution < 1.29 is 14.3 Å². The highest BCUT2D eigenvalue weighted by atomic mass is 35.5. The second-order valence-corrected chi connectivity index (χ2v) is 7.80. The van der Waals surface area contributed by atoms with E-state index in [-0.39, 0.29) is 5.91 Å². The van der Waals surface area contributed by atoms with E-state index in [2.05, 4.69) is 0 Å². The Morgan fingerprint density at radius 3 is 2.67 bits per heavy atom. The number of rotatable bonds is 6. The molecule has 2 aromatic rings. The fourth-order valence-electron chi connectivity index (χ4n) is 2.59. The number of hydrogen-bond acceptors (Lipinski definition) is 5. The summed E-state index contributed by atoms with van der Waals surface area (Å²) < 4.78 is 11.9. The third kappa shape index (κ3) is 4.46. The van der Waals surface area contributed by atoms with Crippen molar-refractivity contribution in [2.24, 2.45) is 0 Å². The average Bonchev–Trinajstić information content (AvgIpc) is 2.94. The van der Waals surface area contributed by atoms with Crippen molar-refractivity contribution in [3.05, 3.63) is 63.5 Å². The van der Waals surface area contributed by atoms with Gasteiger partial charge in [0.05, 0.1) is 12.0 Å². The number of ether oxygens (including phenoxy) is 2. The van der Waals surface area contributed by atoms with Gasteiger partial charge in [0.2, 0.25) is 0 Å². The molecule has 2 aromatic carbocycles. The van der Waals surface area contributed by atoms with Gasteiger partial charge < -0.3 is 9.47 Å². The number of thioether (sulfide) groups is 1. The molecule has 27 heavy (non-hydrogen) atoms. The lowest BCUT2D eigenvalue weighted by molar-refractivity contribution is -0.121. The number of benzene rings is 2. The summed E-state index contributed by atoms with van der Waals surface area (Å²) in [5.41, 5.74) is 1.74. The number of carbonyl (C=O) groups excluding carboxylic acids is 1. The van der Waals surface area contributed by atoms with Gasteiger partial charge in [-0.25, -0.2) is 0 Å². The van der Waals surface area contributed by atoms with Gasteiger partial charge in [0.1, 0.15) is 10.9 Å². The first kappa shape index (κ1) is 19.7. The molecular formula is C20H18ClNO3S2. The van der Waals surface area contributed by atoms with Crippen molar-refractivity contribution >= 4 is 51.9 Å². The molecule has 0 unspecified atom stereocenters. The maximum atomic E-state index is 12.3. The number of hydrogen-bond donors (Lipinski definition) is 0. The van der Waals surface area contributed by atoms with Crippen LogP contribution in [0.15, 0.2) is 47.4 Å². The molecule has 1 amide bonds. The highest BCUT2D eigenvalue weighted by Gasteiger charge is 2.30. The van der Waals surface area contributed by atoms with Gasteiger partial charge in [-0.15, -0.1) is 0 Å². The Morgan fingerprint density at radius 1 is 1.22 bits per heavy atom. The predicted molar refractivity (Wildman–Crippen MR) is 114 cm³/mol. The largest absolute Gasteiger partial charge is 0.493 e. The zero-order valence-electron chi connectivity index (χ0n) is 14.9. The summed E-state index contributed by atoms with van der Waals surface area (Å²) in [6.45, 7) is 2.81. The maximum Gasteiger partial charge on any atom is 0.266 e. The molecule has 1 heterocycles. The van der Waals surface area contributed by atoms with E-state index >= 15 is 0 Å². The monoisotopic (exact) mass is 419 g/mol. The summed E-state index contributed by atoms with van der Waals surface area (Å²) in [6.07, 6.45) is 1.81. The van der Waals surface area contributed by atoms with Gasteiger partial charge >= 0.3 is 0 Å². The molecule has 0 aromatic heterocycles. The van der Waals surface area contributed by atoms with Crippen molar-refractivity contribution in [1.82, 2.24) is 4.90 Å². The van der Waals surface area contributed by atoms with E-state index in [1.165, 1.54) is 11.8 Å². The summed E-state index contributed by atoms with van der Waals surface area (Å²) in [5.74, 6) is 1.13. The number of thiocarbonyl (C=S) groups is 1. The van der Waals surface area contributed by atoms with Crippen LogP contribution in [0.3, 0.4) is 0 Å². The molecule has 0 aliphatic carbocycles. The standard InChI is InChI=1S/C20H18ClNO3S2/c1-3-22-19(23)18(27-20(22)26)11-13-8-9-16(17(10-13)24-2)25-12-14-6-4-5-7-15(14)21/h4-11H,3,12H2,1-2H3/b18-11+. The van der Waals surface area contributed by atoms with E-state index in [1.807, 2.05) is 55.5 Å². The van der Waals surface area contributed by atoms with E-state index in [0.29, 0.717) is 38.9 Å². The molecule has 1 aliphatic rings. The minimum atomic E-state index is -0.0643. The summed E-state index contributed by atoms with van der Waals surface area (Å²) in [6, 6.07) is 13.1. The Labute approximate surface area is 173 Å². The topological polar surface area (TPSA) is 38.8 Å². The van der Waals surface area contributed by atoms with Gasteiger partial charge in [0.15, 0.2) is 11.5 Å². The molecule has 1 fully saturated rings. The van der Waals surface area contributed by atoms with Crippen LogP contribution in [0, 0.1) is 0 Å². The molecular weight excluding hydrogens is 402 g/mol. The zero-order valence-corrected chi connectivity index (χ0v) is 17.3. The van der Waals surface area contributed by atoms with Gasteiger partial charge in [-0.05, 0) is 36.8 Å². The second kappa shape index (κ2) is 8.78. The number of methoxy groups -OCH3 is 1. The lowest BCUT2D eigenvalue weighted by atomic mass is 10.1. The predicted octanol–water partition coefficient (Wildman–Crippen LogP) is 5.15. The number of halogens is 1. The quantitative estimate of drug-likeness (QED) is 0.478. The first-order valence-electron chi connectivity index (χ1n) is 8.33. The van der Waals surface area contributed by atoms with Crippen LogP contribution in [0.5, 0.6) is 11.5 Å². The molecule has 0 saturated carbocycles. The van der Waals surface area contributed by atoms with Crippen LogP contribution in [-0.4, -0.2) is 28.8 Å². The van der Waals surface area contributed by atoms with Crippen molar-refractivity contribution in [2.75, 3.05) is 13.7 Å². The van der Waals surface area contributed by atoms with Crippen molar-refractivity contribution in [1.29, 1.82) is 0 Å². The molecule has 3 rings (SSSR count). The molecule has 7 heteroatoms. The van der Waals surface area contributed by atoms with Gasteiger partial charge in [0, 0.05) is 17.1 Å². The first-order chi connectivity index (χ1) is 13.0. The number of amides is 1. The number of nitrogens with zero attached hydrogens (tertiary/aromatic N) is 1. The van der Waals surface area contributed by atoms with Crippen LogP contribution in [-0.2, 0) is 11.4 Å². The number of likely N-dealkylation sites (N-methyl/N-ethyl adjacent to an activating group) is 1. The van der Waals surface area contributed by atoms with Gasteiger partial charge in [0.25, 0.3) is 5.91 Å². The third-order valence-corrected chi connectivity index (χ3v) is 5.76. The highest BCUT2D eigenvalue weighted by Crippen LogP contribution is 2.35. The van der Waals surface area contributed by atoms with Crippen LogP contribution in [0.2, 0.25) is 5.02 Å². The van der Waals surface area contributed by atoms with Crippen LogP contribution in [0.4, 0.5) is 0 Å². The average molecular weight is 420 g/mol. The first-order valence-corrected chi connectivity index (χ1v) is 9.93. The lowest BCUT2D eigenvalue weighted by Gasteiger charge is -2.12. The van der Waals surface area contributed by atoms with E-state index in [1.54, 1.807) is 12.0 Å². The summed E-state index contributed by atoms with van der Waals surface area (Å²) in [7, 11) is 1.58. The Morgan fingerprint density at radius 2 is 2.00 bits per heavy atom. The van der Waals surface area contributed by atoms with Crippen molar-refractivity contribution in [3.63, 3.8) is 0 Å². The normalized spacial score (nSPS) is 15.5. The molecule has 1 aliphatic heterocycles. The molecule has 0 bridgehead atoms. The van der Waals surface area contributed by atoms with Crippen LogP contribution in [0.1, 0.15) is 18.1 Å². The second-order valence-electron chi connectivity index (χ2n) is 5.72. The molecule has 140 valence electrons. The summed E-state index contributed by atoms with van der Waals surface area (Å²) in [5, 5.41) is 0.658. The van der Waals surface area contributed by atoms with E-state index in [4.69, 9.17) is 33.3 Å². The van der Waals surface area contributed by atoms with Crippen molar-refractivity contribution in [2.45, 2.75) is 13.5 Å². The third-order valence-electron chi connectivity index (χ3n) is 4.02. The maximum absolute atomic E-state index is 12.3. The molecule has 4 nitrogen and oxygen atoms in total. The molecule has 1 saturated heterocycles. The Hall–Kier alpha value is -2.02. The van der Waals surface area contributed by atoms with Crippen LogP contribution < -0.4 is 9.47 Å². The van der Waals surface area contributed by atoms with Crippen molar-refractivity contribution in [3.8, 4) is 11.5 Å². The number of carbonyl (C=O) groups is 1. The molecule has 0 atom stereocenters. The van der Waals surface area contributed by atoms with E-state index < -0.39 is 0 Å². The molecule has 0 spiro atoms. The summed E-state index contributed by atoms with van der Waals surface area (Å²) in [4.78, 5) is 14.5. The molecule has 0 radical (unpaired) electrons. The Bertz CT molecular complexity index is 914. The Kier molecular flexibility index (Phi) is 6.42.